The minimum absolute atomic E-state index is 0.0296. The number of nitrogens with zero attached hydrogens (tertiary/aromatic N) is 1. The summed E-state index contributed by atoms with van der Waals surface area (Å²) in [5, 5.41) is 0.0296. The van der Waals surface area contributed by atoms with Gasteiger partial charge in [0, 0.05) is 11.3 Å². The summed E-state index contributed by atoms with van der Waals surface area (Å²) in [6, 6.07) is 9.65. The Balaban J connectivity index is 2.03. The molecular formula is C22H21F2NO3S. The lowest BCUT2D eigenvalue weighted by Gasteiger charge is -2.16. The van der Waals surface area contributed by atoms with E-state index in [1.807, 2.05) is 20.8 Å². The highest BCUT2D eigenvalue weighted by Gasteiger charge is 2.41. The average Bonchev–Trinajstić information content (AvgIpc) is 2.90. The molecule has 2 aromatic rings. The number of amides is 2. The quantitative estimate of drug-likeness (QED) is 0.583. The molecule has 1 aliphatic rings. The van der Waals surface area contributed by atoms with Gasteiger partial charge < -0.3 is 4.74 Å². The molecule has 3 rings (SSSR count). The molecule has 0 unspecified atom stereocenters. The second-order valence-corrected chi connectivity index (χ2v) is 8.37. The van der Waals surface area contributed by atoms with Crippen molar-refractivity contribution in [3.05, 3.63) is 64.6 Å². The zero-order chi connectivity index (χ0) is 21.1. The number of hydrogen-bond acceptors (Lipinski definition) is 4. The summed E-state index contributed by atoms with van der Waals surface area (Å²) in [5.41, 5.74) is 0.487. The van der Waals surface area contributed by atoms with Gasteiger partial charge in [0.05, 0.1) is 22.8 Å². The van der Waals surface area contributed by atoms with Crippen LogP contribution in [0.2, 0.25) is 0 Å². The van der Waals surface area contributed by atoms with Crippen LogP contribution in [0.4, 0.5) is 14.5 Å². The molecule has 1 heterocycles. The monoisotopic (exact) mass is 417 g/mol. The van der Waals surface area contributed by atoms with Crippen LogP contribution >= 0.6 is 11.8 Å². The van der Waals surface area contributed by atoms with Crippen LogP contribution < -0.4 is 9.64 Å². The van der Waals surface area contributed by atoms with Crippen LogP contribution in [-0.2, 0) is 9.59 Å². The first-order chi connectivity index (χ1) is 13.8. The van der Waals surface area contributed by atoms with Crippen LogP contribution in [0.1, 0.15) is 32.8 Å². The molecule has 0 spiro atoms. The average molecular weight is 417 g/mol. The number of carbonyl (C=O) groups is 2. The predicted molar refractivity (Wildman–Crippen MR) is 111 cm³/mol. The van der Waals surface area contributed by atoms with Gasteiger partial charge >= 0.3 is 0 Å². The summed E-state index contributed by atoms with van der Waals surface area (Å²) in [5.74, 6) is -2.33. The first-order valence-electron chi connectivity index (χ1n) is 9.31. The van der Waals surface area contributed by atoms with Crippen LogP contribution in [0, 0.1) is 11.6 Å². The van der Waals surface area contributed by atoms with Gasteiger partial charge in [-0.25, -0.2) is 13.7 Å². The topological polar surface area (TPSA) is 46.6 Å². The molecule has 2 amide bonds. The largest absolute Gasteiger partial charge is 0.494 e. The van der Waals surface area contributed by atoms with Crippen molar-refractivity contribution < 1.29 is 23.1 Å². The van der Waals surface area contributed by atoms with Crippen LogP contribution in [0.15, 0.2) is 47.4 Å². The number of anilines is 1. The Kier molecular flexibility index (Phi) is 6.37. The highest BCUT2D eigenvalue weighted by atomic mass is 32.2. The summed E-state index contributed by atoms with van der Waals surface area (Å²) in [7, 11) is 0. The molecule has 2 aromatic carbocycles. The second kappa shape index (κ2) is 8.78. The summed E-state index contributed by atoms with van der Waals surface area (Å²) in [6.07, 6.45) is 0.868. The number of ether oxygens (including phenoxy) is 1. The molecule has 0 saturated heterocycles. The van der Waals surface area contributed by atoms with Gasteiger partial charge in [-0.1, -0.05) is 32.9 Å². The van der Waals surface area contributed by atoms with Gasteiger partial charge in [-0.2, -0.15) is 0 Å². The normalized spacial score (nSPS) is 14.3. The van der Waals surface area contributed by atoms with Gasteiger partial charge in [0.1, 0.15) is 17.4 Å². The fourth-order valence-corrected chi connectivity index (χ4v) is 3.91. The highest BCUT2D eigenvalue weighted by molar-refractivity contribution is 8.04. The third kappa shape index (κ3) is 4.34. The number of carbonyl (C=O) groups excluding carboxylic acids is 2. The SMILES string of the molecule is CCCOc1ccc(C2=C(SC(C)C)C(=O)N(c3ccc(F)cc3F)C2=O)cc1. The Morgan fingerprint density at radius 3 is 2.31 bits per heavy atom. The standard InChI is InChI=1S/C22H21F2NO3S/c1-4-11-28-16-8-5-14(6-9-16)19-20(29-13(2)3)22(27)25(21(19)26)18-10-7-15(23)12-17(18)24/h5-10,12-13H,4,11H2,1-3H3. The van der Waals surface area contributed by atoms with E-state index < -0.39 is 23.4 Å². The lowest BCUT2D eigenvalue weighted by atomic mass is 10.1. The molecule has 0 N–H and O–H groups in total. The molecule has 0 bridgehead atoms. The van der Waals surface area contributed by atoms with Crippen molar-refractivity contribution in [3.8, 4) is 5.75 Å². The van der Waals surface area contributed by atoms with E-state index in [1.165, 1.54) is 11.8 Å². The summed E-state index contributed by atoms with van der Waals surface area (Å²) < 4.78 is 33.2. The van der Waals surface area contributed by atoms with Crippen molar-refractivity contribution in [2.24, 2.45) is 0 Å². The van der Waals surface area contributed by atoms with E-state index in [-0.39, 0.29) is 21.4 Å². The molecule has 0 atom stereocenters. The van der Waals surface area contributed by atoms with Crippen LogP contribution in [0.5, 0.6) is 5.75 Å². The Bertz CT molecular complexity index is 971. The van der Waals surface area contributed by atoms with E-state index >= 15 is 0 Å². The van der Waals surface area contributed by atoms with Gasteiger partial charge in [0.25, 0.3) is 11.8 Å². The lowest BCUT2D eigenvalue weighted by molar-refractivity contribution is -0.119. The molecule has 0 radical (unpaired) electrons. The number of benzene rings is 2. The van der Waals surface area contributed by atoms with Gasteiger partial charge in [0.2, 0.25) is 0 Å². The van der Waals surface area contributed by atoms with Gasteiger partial charge in [-0.15, -0.1) is 11.8 Å². The molecule has 1 aliphatic heterocycles. The third-order valence-electron chi connectivity index (χ3n) is 4.16. The molecular weight excluding hydrogens is 396 g/mol. The summed E-state index contributed by atoms with van der Waals surface area (Å²) in [4.78, 5) is 27.2. The van der Waals surface area contributed by atoms with Gasteiger partial charge in [-0.05, 0) is 36.2 Å². The molecule has 0 fully saturated rings. The van der Waals surface area contributed by atoms with Gasteiger partial charge in [-0.3, -0.25) is 9.59 Å². The molecule has 0 saturated carbocycles. The zero-order valence-corrected chi connectivity index (χ0v) is 17.2. The predicted octanol–water partition coefficient (Wildman–Crippen LogP) is 5.18. The molecule has 152 valence electrons. The second-order valence-electron chi connectivity index (χ2n) is 6.79. The van der Waals surface area contributed by atoms with Crippen molar-refractivity contribution in [2.75, 3.05) is 11.5 Å². The number of halogens is 2. The van der Waals surface area contributed by atoms with Crippen molar-refractivity contribution >= 4 is 34.8 Å². The van der Waals surface area contributed by atoms with Crippen molar-refractivity contribution in [3.63, 3.8) is 0 Å². The molecule has 29 heavy (non-hydrogen) atoms. The Morgan fingerprint density at radius 2 is 1.72 bits per heavy atom. The lowest BCUT2D eigenvalue weighted by Crippen LogP contribution is -2.32. The van der Waals surface area contributed by atoms with E-state index in [0.29, 0.717) is 24.0 Å². The van der Waals surface area contributed by atoms with Crippen molar-refractivity contribution in [2.45, 2.75) is 32.4 Å². The highest BCUT2D eigenvalue weighted by Crippen LogP contribution is 2.40. The number of thioether (sulfide) groups is 1. The van der Waals surface area contributed by atoms with E-state index in [4.69, 9.17) is 4.74 Å². The third-order valence-corrected chi connectivity index (χ3v) is 5.25. The van der Waals surface area contributed by atoms with Crippen LogP contribution in [0.25, 0.3) is 5.57 Å². The van der Waals surface area contributed by atoms with Crippen LogP contribution in [-0.4, -0.2) is 23.7 Å². The maximum Gasteiger partial charge on any atom is 0.272 e. The Hall–Kier alpha value is -2.67. The minimum Gasteiger partial charge on any atom is -0.494 e. The Labute approximate surface area is 172 Å². The van der Waals surface area contributed by atoms with E-state index in [9.17, 15) is 18.4 Å². The summed E-state index contributed by atoms with van der Waals surface area (Å²) in [6.45, 7) is 6.37. The minimum atomic E-state index is -0.967. The smallest absolute Gasteiger partial charge is 0.272 e. The number of hydrogen-bond donors (Lipinski definition) is 0. The Morgan fingerprint density at radius 1 is 1.03 bits per heavy atom. The first kappa shape index (κ1) is 21.0. The van der Waals surface area contributed by atoms with Crippen molar-refractivity contribution in [1.82, 2.24) is 0 Å². The van der Waals surface area contributed by atoms with Gasteiger partial charge in [0.15, 0.2) is 0 Å². The molecule has 0 aliphatic carbocycles. The fraction of sp³-hybridized carbons (Fsp3) is 0.273. The van der Waals surface area contributed by atoms with Crippen LogP contribution in [0.3, 0.4) is 0 Å². The zero-order valence-electron chi connectivity index (χ0n) is 16.4. The number of imide groups is 1. The maximum atomic E-state index is 14.3. The maximum absolute atomic E-state index is 14.3. The summed E-state index contributed by atoms with van der Waals surface area (Å²) >= 11 is 1.24. The first-order valence-corrected chi connectivity index (χ1v) is 10.2. The molecule has 0 aromatic heterocycles. The van der Waals surface area contributed by atoms with Crippen molar-refractivity contribution in [1.29, 1.82) is 0 Å². The number of rotatable bonds is 7. The fourth-order valence-electron chi connectivity index (χ4n) is 2.93. The molecule has 7 heteroatoms. The van der Waals surface area contributed by atoms with E-state index in [0.717, 1.165) is 23.5 Å². The molecule has 4 nitrogen and oxygen atoms in total. The van der Waals surface area contributed by atoms with E-state index in [2.05, 4.69) is 0 Å². The van der Waals surface area contributed by atoms with E-state index in [1.54, 1.807) is 24.3 Å².